The molecule has 0 aliphatic carbocycles. The standard InChI is InChI=1S/C12H17BrN2O/c1-15-6-5-10(8-15)14-7-9-3-2-4-11(13)12(9)16/h2-4,10,14,16H,5-8H2,1H3. The predicted molar refractivity (Wildman–Crippen MR) is 68.5 cm³/mol. The highest BCUT2D eigenvalue weighted by atomic mass is 79.9. The van der Waals surface area contributed by atoms with Crippen LogP contribution in [0.3, 0.4) is 0 Å². The van der Waals surface area contributed by atoms with Gasteiger partial charge in [-0.2, -0.15) is 0 Å². The molecule has 3 nitrogen and oxygen atoms in total. The largest absolute Gasteiger partial charge is 0.506 e. The Balaban J connectivity index is 1.92. The Hall–Kier alpha value is -0.580. The molecule has 1 heterocycles. The number of likely N-dealkylation sites (N-methyl/N-ethyl adjacent to an activating group) is 1. The van der Waals surface area contributed by atoms with Crippen LogP contribution in [0.5, 0.6) is 5.75 Å². The van der Waals surface area contributed by atoms with Crippen molar-refractivity contribution in [1.29, 1.82) is 0 Å². The Kier molecular flexibility index (Phi) is 3.84. The van der Waals surface area contributed by atoms with E-state index < -0.39 is 0 Å². The molecule has 1 atom stereocenters. The minimum Gasteiger partial charge on any atom is -0.506 e. The SMILES string of the molecule is CN1CCC(NCc2cccc(Br)c2O)C1. The normalized spacial score (nSPS) is 21.5. The van der Waals surface area contributed by atoms with Crippen LogP contribution < -0.4 is 5.32 Å². The van der Waals surface area contributed by atoms with E-state index in [1.165, 1.54) is 6.42 Å². The smallest absolute Gasteiger partial charge is 0.134 e. The van der Waals surface area contributed by atoms with Crippen molar-refractivity contribution in [3.63, 3.8) is 0 Å². The molecule has 0 spiro atoms. The molecule has 0 amide bonds. The minimum atomic E-state index is 0.348. The van der Waals surface area contributed by atoms with Gasteiger partial charge < -0.3 is 15.3 Å². The molecular weight excluding hydrogens is 268 g/mol. The molecule has 1 aromatic rings. The van der Waals surface area contributed by atoms with Gasteiger partial charge in [0.05, 0.1) is 4.47 Å². The molecule has 1 saturated heterocycles. The van der Waals surface area contributed by atoms with E-state index in [0.29, 0.717) is 11.8 Å². The van der Waals surface area contributed by atoms with E-state index in [0.717, 1.165) is 29.7 Å². The Labute approximate surface area is 105 Å². The quantitative estimate of drug-likeness (QED) is 0.891. The summed E-state index contributed by atoms with van der Waals surface area (Å²) >= 11 is 3.32. The van der Waals surface area contributed by atoms with Gasteiger partial charge in [0.1, 0.15) is 5.75 Å². The van der Waals surface area contributed by atoms with Crippen LogP contribution in [0.15, 0.2) is 22.7 Å². The number of halogens is 1. The second-order valence-corrected chi connectivity index (χ2v) is 5.23. The third-order valence-corrected chi connectivity index (χ3v) is 3.68. The monoisotopic (exact) mass is 284 g/mol. The van der Waals surface area contributed by atoms with Gasteiger partial charge in [-0.3, -0.25) is 0 Å². The molecule has 1 aromatic carbocycles. The molecule has 2 rings (SSSR count). The molecule has 0 radical (unpaired) electrons. The number of hydrogen-bond donors (Lipinski definition) is 2. The number of phenolic OH excluding ortho intramolecular Hbond substituents is 1. The molecule has 4 heteroatoms. The lowest BCUT2D eigenvalue weighted by atomic mass is 10.2. The summed E-state index contributed by atoms with van der Waals surface area (Å²) in [5.74, 6) is 0.348. The third-order valence-electron chi connectivity index (χ3n) is 3.04. The van der Waals surface area contributed by atoms with E-state index >= 15 is 0 Å². The maximum absolute atomic E-state index is 9.83. The van der Waals surface area contributed by atoms with Crippen LogP contribution in [0.25, 0.3) is 0 Å². The first-order valence-electron chi connectivity index (χ1n) is 5.55. The molecule has 0 bridgehead atoms. The van der Waals surface area contributed by atoms with Gasteiger partial charge in [-0.1, -0.05) is 12.1 Å². The van der Waals surface area contributed by atoms with Gasteiger partial charge in [0, 0.05) is 24.7 Å². The first-order valence-corrected chi connectivity index (χ1v) is 6.34. The maximum atomic E-state index is 9.83. The summed E-state index contributed by atoms with van der Waals surface area (Å²) in [7, 11) is 2.14. The molecular formula is C12H17BrN2O. The number of rotatable bonds is 3. The van der Waals surface area contributed by atoms with Crippen molar-refractivity contribution in [2.75, 3.05) is 20.1 Å². The van der Waals surface area contributed by atoms with Crippen molar-refractivity contribution in [1.82, 2.24) is 10.2 Å². The number of benzene rings is 1. The van der Waals surface area contributed by atoms with E-state index in [9.17, 15) is 5.11 Å². The number of para-hydroxylation sites is 1. The highest BCUT2D eigenvalue weighted by Gasteiger charge is 2.18. The summed E-state index contributed by atoms with van der Waals surface area (Å²) in [6, 6.07) is 6.29. The first-order chi connectivity index (χ1) is 7.66. The number of phenols is 1. The van der Waals surface area contributed by atoms with Crippen LogP contribution in [-0.2, 0) is 6.54 Å². The first kappa shape index (κ1) is 11.9. The molecule has 0 aromatic heterocycles. The van der Waals surface area contributed by atoms with Gasteiger partial charge in [0.25, 0.3) is 0 Å². The zero-order valence-electron chi connectivity index (χ0n) is 9.41. The molecule has 88 valence electrons. The van der Waals surface area contributed by atoms with Crippen molar-refractivity contribution in [3.05, 3.63) is 28.2 Å². The van der Waals surface area contributed by atoms with Gasteiger partial charge in [-0.05, 0) is 42.0 Å². The second kappa shape index (κ2) is 5.17. The van der Waals surface area contributed by atoms with Gasteiger partial charge >= 0.3 is 0 Å². The van der Waals surface area contributed by atoms with E-state index in [1.807, 2.05) is 18.2 Å². The van der Waals surface area contributed by atoms with Crippen molar-refractivity contribution in [2.45, 2.75) is 19.0 Å². The lowest BCUT2D eigenvalue weighted by Gasteiger charge is -2.13. The summed E-state index contributed by atoms with van der Waals surface area (Å²) in [6.07, 6.45) is 1.19. The van der Waals surface area contributed by atoms with Crippen molar-refractivity contribution in [2.24, 2.45) is 0 Å². The fourth-order valence-corrected chi connectivity index (χ4v) is 2.47. The number of hydrogen-bond acceptors (Lipinski definition) is 3. The predicted octanol–water partition coefficient (Wildman–Crippen LogP) is 1.95. The van der Waals surface area contributed by atoms with Gasteiger partial charge in [-0.15, -0.1) is 0 Å². The maximum Gasteiger partial charge on any atom is 0.134 e. The average molecular weight is 285 g/mol. The van der Waals surface area contributed by atoms with Crippen LogP contribution in [-0.4, -0.2) is 36.2 Å². The van der Waals surface area contributed by atoms with E-state index in [4.69, 9.17) is 0 Å². The van der Waals surface area contributed by atoms with Gasteiger partial charge in [0.15, 0.2) is 0 Å². The molecule has 0 saturated carbocycles. The van der Waals surface area contributed by atoms with Crippen LogP contribution in [0, 0.1) is 0 Å². The summed E-state index contributed by atoms with van der Waals surface area (Å²) < 4.78 is 0.760. The Morgan fingerprint density at radius 2 is 2.38 bits per heavy atom. The topological polar surface area (TPSA) is 35.5 Å². The van der Waals surface area contributed by atoms with Crippen molar-refractivity contribution in [3.8, 4) is 5.75 Å². The highest BCUT2D eigenvalue weighted by molar-refractivity contribution is 9.10. The third kappa shape index (κ3) is 2.75. The Bertz CT molecular complexity index is 370. The van der Waals surface area contributed by atoms with E-state index in [-0.39, 0.29) is 0 Å². The molecule has 1 fully saturated rings. The number of aromatic hydroxyl groups is 1. The fourth-order valence-electron chi connectivity index (χ4n) is 2.06. The fraction of sp³-hybridized carbons (Fsp3) is 0.500. The van der Waals surface area contributed by atoms with Crippen LogP contribution in [0.4, 0.5) is 0 Å². The average Bonchev–Trinajstić information content (AvgIpc) is 2.67. The summed E-state index contributed by atoms with van der Waals surface area (Å²) in [5.41, 5.74) is 0.948. The van der Waals surface area contributed by atoms with Crippen molar-refractivity contribution < 1.29 is 5.11 Å². The van der Waals surface area contributed by atoms with E-state index in [2.05, 4.69) is 33.2 Å². The van der Waals surface area contributed by atoms with Gasteiger partial charge in [0.2, 0.25) is 0 Å². The molecule has 2 N–H and O–H groups in total. The number of nitrogens with zero attached hydrogens (tertiary/aromatic N) is 1. The number of likely N-dealkylation sites (tertiary alicyclic amines) is 1. The minimum absolute atomic E-state index is 0.348. The van der Waals surface area contributed by atoms with E-state index in [1.54, 1.807) is 0 Å². The zero-order valence-corrected chi connectivity index (χ0v) is 11.0. The molecule has 16 heavy (non-hydrogen) atoms. The van der Waals surface area contributed by atoms with Crippen molar-refractivity contribution >= 4 is 15.9 Å². The van der Waals surface area contributed by atoms with Crippen LogP contribution >= 0.6 is 15.9 Å². The second-order valence-electron chi connectivity index (χ2n) is 4.38. The lowest BCUT2D eigenvalue weighted by molar-refractivity contribution is 0.396. The zero-order chi connectivity index (χ0) is 11.5. The van der Waals surface area contributed by atoms with Gasteiger partial charge in [-0.25, -0.2) is 0 Å². The molecule has 1 unspecified atom stereocenters. The highest BCUT2D eigenvalue weighted by Crippen LogP contribution is 2.27. The Morgan fingerprint density at radius 1 is 1.56 bits per heavy atom. The molecule has 1 aliphatic heterocycles. The Morgan fingerprint density at radius 3 is 3.06 bits per heavy atom. The summed E-state index contributed by atoms with van der Waals surface area (Å²) in [5, 5.41) is 13.3. The number of nitrogens with one attached hydrogen (secondary N) is 1. The summed E-state index contributed by atoms with van der Waals surface area (Å²) in [6.45, 7) is 2.97. The van der Waals surface area contributed by atoms with Crippen LogP contribution in [0.2, 0.25) is 0 Å². The van der Waals surface area contributed by atoms with Crippen LogP contribution in [0.1, 0.15) is 12.0 Å². The molecule has 1 aliphatic rings. The lowest BCUT2D eigenvalue weighted by Crippen LogP contribution is -2.30. The summed E-state index contributed by atoms with van der Waals surface area (Å²) in [4.78, 5) is 2.32.